The highest BCUT2D eigenvalue weighted by molar-refractivity contribution is 9.10. The molecule has 0 spiro atoms. The summed E-state index contributed by atoms with van der Waals surface area (Å²) in [5.74, 6) is 4.94. The number of nitrogens with one attached hydrogen (secondary N) is 1. The fraction of sp³-hybridized carbons (Fsp3) is 0.250. The van der Waals surface area contributed by atoms with Gasteiger partial charge in [0, 0.05) is 23.0 Å². The van der Waals surface area contributed by atoms with E-state index in [-0.39, 0.29) is 5.56 Å². The van der Waals surface area contributed by atoms with Crippen LogP contribution in [0.2, 0.25) is 0 Å². The number of carboxylic acids is 1. The van der Waals surface area contributed by atoms with E-state index in [2.05, 4.69) is 33.1 Å². The monoisotopic (exact) mass is 281 g/mol. The molecule has 0 atom stereocenters. The van der Waals surface area contributed by atoms with Gasteiger partial charge in [0.25, 0.3) is 0 Å². The summed E-state index contributed by atoms with van der Waals surface area (Å²) in [5, 5.41) is 11.9. The van der Waals surface area contributed by atoms with Crippen molar-refractivity contribution in [3.05, 3.63) is 33.8 Å². The average Bonchev–Trinajstić information content (AvgIpc) is 2.26. The first-order chi connectivity index (χ1) is 7.65. The summed E-state index contributed by atoms with van der Waals surface area (Å²) in [4.78, 5) is 10.9. The van der Waals surface area contributed by atoms with Crippen molar-refractivity contribution in [1.82, 2.24) is 5.32 Å². The summed E-state index contributed by atoms with van der Waals surface area (Å²) < 4.78 is 0.570. The predicted molar refractivity (Wildman–Crippen MR) is 66.5 cm³/mol. The van der Waals surface area contributed by atoms with Gasteiger partial charge >= 0.3 is 5.97 Å². The summed E-state index contributed by atoms with van der Waals surface area (Å²) in [5.41, 5.74) is 0.956. The zero-order valence-electron chi connectivity index (χ0n) is 8.88. The van der Waals surface area contributed by atoms with E-state index in [1.54, 1.807) is 18.2 Å². The molecule has 84 valence electrons. The zero-order valence-corrected chi connectivity index (χ0v) is 10.5. The number of hydrogen-bond acceptors (Lipinski definition) is 2. The van der Waals surface area contributed by atoms with Crippen LogP contribution in [0.5, 0.6) is 0 Å². The molecule has 0 aliphatic rings. The molecule has 0 amide bonds. The molecule has 4 heteroatoms. The molecular formula is C12H12BrNO2. The standard InChI is InChI=1S/C12H12BrNO2/c1-14-7-3-2-4-9-5-6-11(13)10(8-9)12(15)16/h5-6,8,14H,3,7H2,1H3,(H,15,16). The second-order valence-electron chi connectivity index (χ2n) is 3.16. The number of benzene rings is 1. The first kappa shape index (κ1) is 12.8. The minimum atomic E-state index is -0.953. The van der Waals surface area contributed by atoms with E-state index in [4.69, 9.17) is 5.11 Å². The van der Waals surface area contributed by atoms with Gasteiger partial charge in [-0.05, 0) is 41.2 Å². The maximum Gasteiger partial charge on any atom is 0.336 e. The molecule has 0 aliphatic carbocycles. The van der Waals surface area contributed by atoms with Crippen LogP contribution >= 0.6 is 15.9 Å². The predicted octanol–water partition coefficient (Wildman–Crippen LogP) is 2.11. The highest BCUT2D eigenvalue weighted by Gasteiger charge is 2.07. The molecule has 0 bridgehead atoms. The topological polar surface area (TPSA) is 49.3 Å². The smallest absolute Gasteiger partial charge is 0.336 e. The first-order valence-corrected chi connectivity index (χ1v) is 5.60. The number of rotatable bonds is 3. The molecule has 0 aliphatic heterocycles. The Kier molecular flexibility index (Phi) is 5.03. The Balaban J connectivity index is 2.85. The molecule has 16 heavy (non-hydrogen) atoms. The van der Waals surface area contributed by atoms with Crippen molar-refractivity contribution in [3.8, 4) is 11.8 Å². The fourth-order valence-electron chi connectivity index (χ4n) is 1.12. The van der Waals surface area contributed by atoms with Gasteiger partial charge in [-0.25, -0.2) is 4.79 Å². The highest BCUT2D eigenvalue weighted by atomic mass is 79.9. The quantitative estimate of drug-likeness (QED) is 0.659. The lowest BCUT2D eigenvalue weighted by atomic mass is 10.1. The van der Waals surface area contributed by atoms with E-state index in [1.165, 1.54) is 0 Å². The van der Waals surface area contributed by atoms with E-state index in [0.29, 0.717) is 4.47 Å². The minimum Gasteiger partial charge on any atom is -0.478 e. The maximum atomic E-state index is 10.9. The van der Waals surface area contributed by atoms with Crippen molar-refractivity contribution < 1.29 is 9.90 Å². The van der Waals surface area contributed by atoms with Gasteiger partial charge in [0.15, 0.2) is 0 Å². The number of carbonyl (C=O) groups is 1. The normalized spacial score (nSPS) is 9.38. The third-order valence-corrected chi connectivity index (χ3v) is 2.62. The van der Waals surface area contributed by atoms with Crippen molar-refractivity contribution in [2.45, 2.75) is 6.42 Å². The summed E-state index contributed by atoms with van der Waals surface area (Å²) in [7, 11) is 1.86. The summed E-state index contributed by atoms with van der Waals surface area (Å²) in [6.45, 7) is 0.829. The lowest BCUT2D eigenvalue weighted by molar-refractivity contribution is 0.0696. The Bertz CT molecular complexity index is 446. The minimum absolute atomic E-state index is 0.236. The largest absolute Gasteiger partial charge is 0.478 e. The Hall–Kier alpha value is -1.31. The molecule has 1 rings (SSSR count). The van der Waals surface area contributed by atoms with Gasteiger partial charge < -0.3 is 10.4 Å². The third kappa shape index (κ3) is 3.69. The van der Waals surface area contributed by atoms with E-state index in [9.17, 15) is 4.79 Å². The van der Waals surface area contributed by atoms with Gasteiger partial charge in [-0.3, -0.25) is 0 Å². The van der Waals surface area contributed by atoms with Crippen LogP contribution in [0.15, 0.2) is 22.7 Å². The Morgan fingerprint density at radius 3 is 2.94 bits per heavy atom. The van der Waals surface area contributed by atoms with Crippen molar-refractivity contribution in [3.63, 3.8) is 0 Å². The summed E-state index contributed by atoms with van der Waals surface area (Å²) >= 11 is 3.19. The van der Waals surface area contributed by atoms with Crippen LogP contribution in [0, 0.1) is 11.8 Å². The highest BCUT2D eigenvalue weighted by Crippen LogP contribution is 2.17. The van der Waals surface area contributed by atoms with Gasteiger partial charge in [-0.1, -0.05) is 11.8 Å². The van der Waals surface area contributed by atoms with Gasteiger partial charge in [0.2, 0.25) is 0 Å². The Labute approximate surface area is 103 Å². The molecule has 0 heterocycles. The van der Waals surface area contributed by atoms with E-state index < -0.39 is 5.97 Å². The second kappa shape index (κ2) is 6.31. The molecular weight excluding hydrogens is 270 g/mol. The fourth-order valence-corrected chi connectivity index (χ4v) is 1.54. The van der Waals surface area contributed by atoms with Crippen LogP contribution in [0.3, 0.4) is 0 Å². The molecule has 0 fully saturated rings. The van der Waals surface area contributed by atoms with E-state index >= 15 is 0 Å². The Morgan fingerprint density at radius 2 is 2.31 bits per heavy atom. The molecule has 3 nitrogen and oxygen atoms in total. The van der Waals surface area contributed by atoms with Crippen LogP contribution in [-0.4, -0.2) is 24.7 Å². The first-order valence-electron chi connectivity index (χ1n) is 4.81. The lowest BCUT2D eigenvalue weighted by Crippen LogP contribution is -2.05. The van der Waals surface area contributed by atoms with E-state index in [0.717, 1.165) is 18.5 Å². The molecule has 0 saturated heterocycles. The molecule has 2 N–H and O–H groups in total. The van der Waals surface area contributed by atoms with E-state index in [1.807, 2.05) is 7.05 Å². The molecule has 0 radical (unpaired) electrons. The SMILES string of the molecule is CNCCC#Cc1ccc(Br)c(C(=O)O)c1. The van der Waals surface area contributed by atoms with Crippen LogP contribution in [0.25, 0.3) is 0 Å². The maximum absolute atomic E-state index is 10.9. The summed E-state index contributed by atoms with van der Waals surface area (Å²) in [6.07, 6.45) is 0.745. The van der Waals surface area contributed by atoms with Gasteiger partial charge in [0.05, 0.1) is 5.56 Å². The van der Waals surface area contributed by atoms with Crippen LogP contribution in [0.1, 0.15) is 22.3 Å². The number of carboxylic acid groups (broad SMARTS) is 1. The van der Waals surface area contributed by atoms with Crippen LogP contribution in [0.4, 0.5) is 0 Å². The van der Waals surface area contributed by atoms with Crippen LogP contribution < -0.4 is 5.32 Å². The van der Waals surface area contributed by atoms with Crippen molar-refractivity contribution in [1.29, 1.82) is 0 Å². The number of aromatic carboxylic acids is 1. The van der Waals surface area contributed by atoms with Crippen molar-refractivity contribution in [2.75, 3.05) is 13.6 Å². The zero-order chi connectivity index (χ0) is 12.0. The van der Waals surface area contributed by atoms with Gasteiger partial charge in [-0.2, -0.15) is 0 Å². The Morgan fingerprint density at radius 1 is 1.56 bits per heavy atom. The average molecular weight is 282 g/mol. The number of hydrogen-bond donors (Lipinski definition) is 2. The van der Waals surface area contributed by atoms with Gasteiger partial charge in [-0.15, -0.1) is 0 Å². The molecule has 0 aromatic heterocycles. The lowest BCUT2D eigenvalue weighted by Gasteiger charge is -1.98. The molecule has 0 unspecified atom stereocenters. The molecule has 1 aromatic rings. The molecule has 1 aromatic carbocycles. The second-order valence-corrected chi connectivity index (χ2v) is 4.01. The summed E-state index contributed by atoms with van der Waals surface area (Å²) in [6, 6.07) is 5.06. The van der Waals surface area contributed by atoms with Crippen molar-refractivity contribution in [2.24, 2.45) is 0 Å². The van der Waals surface area contributed by atoms with Crippen LogP contribution in [-0.2, 0) is 0 Å². The number of halogens is 1. The molecule has 0 saturated carbocycles. The third-order valence-electron chi connectivity index (χ3n) is 1.93. The van der Waals surface area contributed by atoms with Gasteiger partial charge in [0.1, 0.15) is 0 Å². The van der Waals surface area contributed by atoms with Crippen molar-refractivity contribution >= 4 is 21.9 Å².